The lowest BCUT2D eigenvalue weighted by Gasteiger charge is -2.00. The van der Waals surface area contributed by atoms with Crippen molar-refractivity contribution < 1.29 is 0 Å². The molecule has 0 unspecified atom stereocenters. The Balaban J connectivity index is 2.03. The summed E-state index contributed by atoms with van der Waals surface area (Å²) in [5, 5.41) is 4.72. The fourth-order valence-corrected chi connectivity index (χ4v) is 2.27. The summed E-state index contributed by atoms with van der Waals surface area (Å²) in [5.41, 5.74) is 1.40. The fourth-order valence-electron chi connectivity index (χ4n) is 1.86. The van der Waals surface area contributed by atoms with Gasteiger partial charge in [-0.05, 0) is 29.8 Å². The number of hydrogen-bond acceptors (Lipinski definition) is 3. The summed E-state index contributed by atoms with van der Waals surface area (Å²) in [6.45, 7) is 0. The summed E-state index contributed by atoms with van der Waals surface area (Å²) in [5.74, 6) is 0. The first-order valence-corrected chi connectivity index (χ1v) is 6.80. The zero-order chi connectivity index (χ0) is 13.9. The predicted octanol–water partition coefficient (Wildman–Crippen LogP) is 3.04. The predicted molar refractivity (Wildman–Crippen MR) is 83.1 cm³/mol. The lowest BCUT2D eigenvalue weighted by atomic mass is 10.2. The number of fused-ring (bicyclic) bond motifs is 1. The SMILES string of the molecule is O=c1c2ccccc2ncn1/N=C/c1cccc(Br)c1. The largest absolute Gasteiger partial charge is 0.281 e. The molecule has 0 saturated heterocycles. The molecule has 0 aliphatic rings. The van der Waals surface area contributed by atoms with Gasteiger partial charge in [-0.2, -0.15) is 9.78 Å². The van der Waals surface area contributed by atoms with E-state index in [0.29, 0.717) is 10.9 Å². The highest BCUT2D eigenvalue weighted by Crippen LogP contribution is 2.10. The minimum absolute atomic E-state index is 0.179. The highest BCUT2D eigenvalue weighted by molar-refractivity contribution is 9.10. The van der Waals surface area contributed by atoms with Crippen LogP contribution >= 0.6 is 15.9 Å². The minimum atomic E-state index is -0.179. The monoisotopic (exact) mass is 327 g/mol. The molecule has 0 spiro atoms. The van der Waals surface area contributed by atoms with Crippen LogP contribution in [0.15, 0.2) is 69.2 Å². The Hall–Kier alpha value is -2.27. The molecule has 3 aromatic rings. The Morgan fingerprint density at radius 3 is 2.85 bits per heavy atom. The van der Waals surface area contributed by atoms with Crippen LogP contribution in [0.2, 0.25) is 0 Å². The van der Waals surface area contributed by atoms with Crippen molar-refractivity contribution in [2.75, 3.05) is 0 Å². The molecule has 4 nitrogen and oxygen atoms in total. The molecule has 98 valence electrons. The number of nitrogens with zero attached hydrogens (tertiary/aromatic N) is 3. The number of rotatable bonds is 2. The quantitative estimate of drug-likeness (QED) is 0.679. The smallest absolute Gasteiger partial charge is 0.267 e. The van der Waals surface area contributed by atoms with E-state index >= 15 is 0 Å². The lowest BCUT2D eigenvalue weighted by Crippen LogP contribution is -2.16. The van der Waals surface area contributed by atoms with Gasteiger partial charge in [-0.25, -0.2) is 4.98 Å². The summed E-state index contributed by atoms with van der Waals surface area (Å²) >= 11 is 3.39. The molecule has 0 saturated carbocycles. The van der Waals surface area contributed by atoms with E-state index in [4.69, 9.17) is 0 Å². The van der Waals surface area contributed by atoms with Crippen molar-refractivity contribution in [1.82, 2.24) is 9.66 Å². The summed E-state index contributed by atoms with van der Waals surface area (Å²) in [4.78, 5) is 16.4. The van der Waals surface area contributed by atoms with Crippen LogP contribution in [-0.2, 0) is 0 Å². The molecule has 2 aromatic carbocycles. The maximum atomic E-state index is 12.2. The summed E-state index contributed by atoms with van der Waals surface area (Å²) < 4.78 is 2.20. The Labute approximate surface area is 123 Å². The van der Waals surface area contributed by atoms with Crippen LogP contribution in [0.3, 0.4) is 0 Å². The first-order valence-electron chi connectivity index (χ1n) is 6.00. The topological polar surface area (TPSA) is 47.2 Å². The molecule has 0 amide bonds. The second-order valence-corrected chi connectivity index (χ2v) is 5.13. The first kappa shape index (κ1) is 12.7. The minimum Gasteiger partial charge on any atom is -0.267 e. The van der Waals surface area contributed by atoms with Gasteiger partial charge < -0.3 is 0 Å². The Bertz CT molecular complexity index is 855. The maximum Gasteiger partial charge on any atom is 0.281 e. The molecule has 0 aliphatic heterocycles. The second-order valence-electron chi connectivity index (χ2n) is 4.21. The zero-order valence-corrected chi connectivity index (χ0v) is 12.0. The van der Waals surface area contributed by atoms with E-state index in [1.54, 1.807) is 18.3 Å². The van der Waals surface area contributed by atoms with Crippen LogP contribution in [0, 0.1) is 0 Å². The zero-order valence-electron chi connectivity index (χ0n) is 10.4. The normalized spacial score (nSPS) is 11.2. The average Bonchev–Trinajstić information content (AvgIpc) is 2.47. The van der Waals surface area contributed by atoms with Gasteiger partial charge in [0, 0.05) is 4.47 Å². The van der Waals surface area contributed by atoms with Gasteiger partial charge in [-0.1, -0.05) is 40.2 Å². The highest BCUT2D eigenvalue weighted by Gasteiger charge is 2.01. The number of benzene rings is 2. The van der Waals surface area contributed by atoms with Crippen LogP contribution in [0.25, 0.3) is 10.9 Å². The molecule has 1 aromatic heterocycles. The molecule has 5 heteroatoms. The van der Waals surface area contributed by atoms with E-state index in [9.17, 15) is 4.79 Å². The first-order chi connectivity index (χ1) is 9.74. The van der Waals surface area contributed by atoms with Crippen LogP contribution < -0.4 is 5.56 Å². The number of hydrogen-bond donors (Lipinski definition) is 0. The van der Waals surface area contributed by atoms with Crippen LogP contribution in [0.1, 0.15) is 5.56 Å². The van der Waals surface area contributed by atoms with Gasteiger partial charge in [-0.3, -0.25) is 4.79 Å². The van der Waals surface area contributed by atoms with E-state index in [-0.39, 0.29) is 5.56 Å². The van der Waals surface area contributed by atoms with Crippen molar-refractivity contribution in [3.63, 3.8) is 0 Å². The molecular weight excluding hydrogens is 318 g/mol. The van der Waals surface area contributed by atoms with Crippen LogP contribution in [0.5, 0.6) is 0 Å². The average molecular weight is 328 g/mol. The molecule has 3 rings (SSSR count). The van der Waals surface area contributed by atoms with E-state index in [1.165, 1.54) is 11.0 Å². The van der Waals surface area contributed by atoms with Crippen molar-refractivity contribution >= 4 is 33.0 Å². The van der Waals surface area contributed by atoms with Gasteiger partial charge in [-0.15, -0.1) is 0 Å². The van der Waals surface area contributed by atoms with Crippen molar-refractivity contribution in [2.24, 2.45) is 5.10 Å². The molecule has 0 fully saturated rings. The summed E-state index contributed by atoms with van der Waals surface area (Å²) in [6, 6.07) is 14.9. The highest BCUT2D eigenvalue weighted by atomic mass is 79.9. The van der Waals surface area contributed by atoms with Crippen LogP contribution in [-0.4, -0.2) is 15.9 Å². The van der Waals surface area contributed by atoms with Gasteiger partial charge in [0.2, 0.25) is 0 Å². The van der Waals surface area contributed by atoms with Crippen LogP contribution in [0.4, 0.5) is 0 Å². The van der Waals surface area contributed by atoms with Gasteiger partial charge in [0.15, 0.2) is 0 Å². The molecular formula is C15H10BrN3O. The number of aromatic nitrogens is 2. The standard InChI is InChI=1S/C15H10BrN3O/c16-12-5-3-4-11(8-12)9-18-19-10-17-14-7-2-1-6-13(14)15(19)20/h1-10H/b18-9+. The summed E-state index contributed by atoms with van der Waals surface area (Å²) in [6.07, 6.45) is 3.06. The van der Waals surface area contributed by atoms with Gasteiger partial charge in [0.1, 0.15) is 6.33 Å². The third-order valence-corrected chi connectivity index (χ3v) is 3.32. The Morgan fingerprint density at radius 1 is 1.15 bits per heavy atom. The number of halogens is 1. The van der Waals surface area contributed by atoms with Crippen molar-refractivity contribution in [1.29, 1.82) is 0 Å². The van der Waals surface area contributed by atoms with E-state index in [1.807, 2.05) is 36.4 Å². The third-order valence-electron chi connectivity index (χ3n) is 2.83. The molecule has 0 N–H and O–H groups in total. The van der Waals surface area contributed by atoms with Gasteiger partial charge in [0.05, 0.1) is 17.1 Å². The molecule has 0 atom stereocenters. The Morgan fingerprint density at radius 2 is 2.00 bits per heavy atom. The maximum absolute atomic E-state index is 12.2. The van der Waals surface area contributed by atoms with Crippen molar-refractivity contribution in [3.8, 4) is 0 Å². The lowest BCUT2D eigenvalue weighted by molar-refractivity contribution is 0.817. The molecule has 0 aliphatic carbocycles. The molecule has 0 bridgehead atoms. The van der Waals surface area contributed by atoms with Crippen molar-refractivity contribution in [2.45, 2.75) is 0 Å². The third kappa shape index (κ3) is 2.53. The molecule has 20 heavy (non-hydrogen) atoms. The second kappa shape index (κ2) is 5.38. The van der Waals surface area contributed by atoms with Crippen molar-refractivity contribution in [3.05, 3.63) is 75.2 Å². The molecule has 1 heterocycles. The van der Waals surface area contributed by atoms with E-state index in [0.717, 1.165) is 10.0 Å². The number of para-hydroxylation sites is 1. The Kier molecular flexibility index (Phi) is 3.43. The van der Waals surface area contributed by atoms with Gasteiger partial charge >= 0.3 is 0 Å². The van der Waals surface area contributed by atoms with E-state index < -0.39 is 0 Å². The fraction of sp³-hybridized carbons (Fsp3) is 0. The van der Waals surface area contributed by atoms with Gasteiger partial charge in [0.25, 0.3) is 5.56 Å². The molecule has 0 radical (unpaired) electrons. The van der Waals surface area contributed by atoms with E-state index in [2.05, 4.69) is 26.0 Å². The summed E-state index contributed by atoms with van der Waals surface area (Å²) in [7, 11) is 0.